The van der Waals surface area contributed by atoms with Gasteiger partial charge in [0.25, 0.3) is 5.91 Å². The Balaban J connectivity index is 1.62. The van der Waals surface area contributed by atoms with Crippen LogP contribution < -0.4 is 10.6 Å². The number of rotatable bonds is 6. The predicted octanol–water partition coefficient (Wildman–Crippen LogP) is 1.53. The normalized spacial score (nSPS) is 29.1. The lowest BCUT2D eigenvalue weighted by atomic mass is 9.58. The molecule has 1 fully saturated rings. The van der Waals surface area contributed by atoms with Gasteiger partial charge in [-0.25, -0.2) is 0 Å². The van der Waals surface area contributed by atoms with Gasteiger partial charge in [0, 0.05) is 38.2 Å². The molecular formula is C29H34F3N3O8. The van der Waals surface area contributed by atoms with Crippen LogP contribution in [0.1, 0.15) is 39.9 Å². The van der Waals surface area contributed by atoms with Crippen LogP contribution >= 0.6 is 0 Å². The molecule has 1 aliphatic heterocycles. The zero-order chi connectivity index (χ0) is 31.6. The predicted molar refractivity (Wildman–Crippen MR) is 144 cm³/mol. The number of nitrogens with zero attached hydrogens (tertiary/aromatic N) is 1. The van der Waals surface area contributed by atoms with Gasteiger partial charge in [-0.3, -0.25) is 19.3 Å². The van der Waals surface area contributed by atoms with Crippen LogP contribution in [0, 0.1) is 17.8 Å². The van der Waals surface area contributed by atoms with Crippen LogP contribution in [0.15, 0.2) is 28.7 Å². The van der Waals surface area contributed by atoms with Gasteiger partial charge >= 0.3 is 6.18 Å². The summed E-state index contributed by atoms with van der Waals surface area (Å²) in [6.45, 7) is 1.22. The molecule has 5 atom stereocenters. The van der Waals surface area contributed by atoms with Gasteiger partial charge in [-0.05, 0) is 62.4 Å². The van der Waals surface area contributed by atoms with Crippen LogP contribution in [0.25, 0.3) is 0 Å². The van der Waals surface area contributed by atoms with E-state index in [9.17, 15) is 48.0 Å². The fraction of sp³-hybridized carbons (Fsp3) is 0.552. The quantitative estimate of drug-likeness (QED) is 0.260. The van der Waals surface area contributed by atoms with E-state index in [-0.39, 0.29) is 24.4 Å². The number of amides is 1. The first kappa shape index (κ1) is 31.0. The molecule has 6 N–H and O–H groups in total. The number of halogens is 3. The maximum absolute atomic E-state index is 14.6. The number of aromatic hydroxyl groups is 1. The zero-order valence-electron chi connectivity index (χ0n) is 23.8. The highest BCUT2D eigenvalue weighted by molar-refractivity contribution is 6.25. The molecule has 1 aromatic carbocycles. The summed E-state index contributed by atoms with van der Waals surface area (Å²) in [5, 5.41) is 50.2. The van der Waals surface area contributed by atoms with Gasteiger partial charge < -0.3 is 35.8 Å². The average Bonchev–Trinajstić information content (AvgIpc) is 3.43. The largest absolute Gasteiger partial charge is 0.510 e. The summed E-state index contributed by atoms with van der Waals surface area (Å²) < 4.78 is 49.1. The SMILES string of the molecule is CNC(=O)C1=C(O)[C@@H](N(C)C)[C@@H]2C[C@@H]3Cc4c(c(O)cc(CNCC5CCOC5)c4C(F)(F)F)C(=O)C3=C(O)[C@]2(O)C1=O. The van der Waals surface area contributed by atoms with E-state index in [0.29, 0.717) is 19.8 Å². The third kappa shape index (κ3) is 4.80. The highest BCUT2D eigenvalue weighted by atomic mass is 19.4. The molecule has 1 heterocycles. The van der Waals surface area contributed by atoms with Crippen molar-refractivity contribution in [2.24, 2.45) is 17.8 Å². The number of Topliss-reactive ketones (excluding diaryl/α,β-unsaturated/α-hetero) is 2. The number of alkyl halides is 3. The Morgan fingerprint density at radius 3 is 2.49 bits per heavy atom. The Bertz CT molecular complexity index is 1450. The van der Waals surface area contributed by atoms with Crippen molar-refractivity contribution in [3.05, 3.63) is 51.0 Å². The zero-order valence-corrected chi connectivity index (χ0v) is 23.8. The number of phenols is 1. The highest BCUT2D eigenvalue weighted by Gasteiger charge is 2.63. The molecule has 1 unspecified atom stereocenters. The van der Waals surface area contributed by atoms with Gasteiger partial charge in [0.2, 0.25) is 5.78 Å². The summed E-state index contributed by atoms with van der Waals surface area (Å²) in [4.78, 5) is 41.3. The number of fused-ring (bicyclic) bond motifs is 3. The minimum Gasteiger partial charge on any atom is -0.510 e. The number of aliphatic hydroxyl groups is 3. The molecule has 5 rings (SSSR count). The standard InChI is InChI=1S/C29H34F3N3O8/c1-33-27(41)20-24(38)22(35(2)3)16-7-13-6-15-19(23(37)18(13)25(39)28(16,42)26(20)40)17(36)8-14(21(15)29(30,31)32)10-34-9-12-4-5-43-11-12/h8,12-13,16,22,34,36,38-39,42H,4-7,9-11H2,1-3H3,(H,33,41)/t12?,13-,16-,22-,28-/m0/s1. The summed E-state index contributed by atoms with van der Waals surface area (Å²) in [5.41, 5.74) is -6.59. The first-order valence-corrected chi connectivity index (χ1v) is 13.9. The van der Waals surface area contributed by atoms with Gasteiger partial charge in [0.1, 0.15) is 22.8 Å². The van der Waals surface area contributed by atoms with E-state index < -0.39 is 98.7 Å². The minimum absolute atomic E-state index is 0.135. The average molecular weight is 610 g/mol. The van der Waals surface area contributed by atoms with E-state index in [1.807, 2.05) is 0 Å². The van der Waals surface area contributed by atoms with Crippen molar-refractivity contribution < 1.29 is 52.7 Å². The fourth-order valence-corrected chi connectivity index (χ4v) is 7.14. The third-order valence-corrected chi connectivity index (χ3v) is 9.07. The molecule has 1 saturated heterocycles. The summed E-state index contributed by atoms with van der Waals surface area (Å²) in [6, 6.07) is -0.338. The number of aliphatic hydroxyl groups excluding tert-OH is 2. The number of nitrogens with one attached hydrogen (secondary N) is 2. The molecule has 3 aliphatic carbocycles. The van der Waals surface area contributed by atoms with E-state index in [1.54, 1.807) is 0 Å². The molecule has 0 saturated carbocycles. The lowest BCUT2D eigenvalue weighted by molar-refractivity contribution is -0.148. The number of phenolic OH excluding ortho intramolecular Hbond substituents is 1. The summed E-state index contributed by atoms with van der Waals surface area (Å²) >= 11 is 0. The van der Waals surface area contributed by atoms with Crippen LogP contribution in [-0.4, -0.2) is 95.3 Å². The Morgan fingerprint density at radius 2 is 1.91 bits per heavy atom. The highest BCUT2D eigenvalue weighted by Crippen LogP contribution is 2.53. The van der Waals surface area contributed by atoms with Crippen LogP contribution in [0.5, 0.6) is 5.75 Å². The summed E-state index contributed by atoms with van der Waals surface area (Å²) in [5.74, 6) is -8.33. The summed E-state index contributed by atoms with van der Waals surface area (Å²) in [7, 11) is 4.18. The second-order valence-corrected chi connectivity index (χ2v) is 11.8. The van der Waals surface area contributed by atoms with Gasteiger partial charge in [0.05, 0.1) is 23.8 Å². The Morgan fingerprint density at radius 1 is 1.21 bits per heavy atom. The van der Waals surface area contributed by atoms with Crippen molar-refractivity contribution in [2.75, 3.05) is 40.9 Å². The lowest BCUT2D eigenvalue weighted by Crippen LogP contribution is -2.64. The molecule has 1 amide bonds. The summed E-state index contributed by atoms with van der Waals surface area (Å²) in [6.07, 6.45) is -4.87. The third-order valence-electron chi connectivity index (χ3n) is 9.07. The van der Waals surface area contributed by atoms with E-state index in [2.05, 4.69) is 10.6 Å². The Hall–Kier alpha value is -3.46. The monoisotopic (exact) mass is 609 g/mol. The van der Waals surface area contributed by atoms with Crippen molar-refractivity contribution in [1.82, 2.24) is 15.5 Å². The molecule has 0 aromatic heterocycles. The maximum Gasteiger partial charge on any atom is 0.417 e. The molecule has 1 aromatic rings. The molecular weight excluding hydrogens is 575 g/mol. The molecule has 0 spiro atoms. The van der Waals surface area contributed by atoms with Crippen LogP contribution in [0.4, 0.5) is 13.2 Å². The Labute approximate surface area is 245 Å². The number of allylic oxidation sites excluding steroid dienone is 1. The number of ether oxygens (including phenoxy) is 1. The van der Waals surface area contributed by atoms with Gasteiger partial charge in [-0.1, -0.05) is 0 Å². The molecule has 11 nitrogen and oxygen atoms in total. The first-order valence-electron chi connectivity index (χ1n) is 13.9. The molecule has 14 heteroatoms. The molecule has 0 bridgehead atoms. The second kappa shape index (κ2) is 10.9. The van der Waals surface area contributed by atoms with Crippen molar-refractivity contribution in [3.63, 3.8) is 0 Å². The molecule has 234 valence electrons. The van der Waals surface area contributed by atoms with E-state index in [4.69, 9.17) is 4.74 Å². The maximum atomic E-state index is 14.6. The number of hydrogen-bond donors (Lipinski definition) is 6. The fourth-order valence-electron chi connectivity index (χ4n) is 7.14. The van der Waals surface area contributed by atoms with Crippen LogP contribution in [0.3, 0.4) is 0 Å². The number of carbonyl (C=O) groups excluding carboxylic acids is 3. The minimum atomic E-state index is -4.90. The van der Waals surface area contributed by atoms with Crippen molar-refractivity contribution in [1.29, 1.82) is 0 Å². The van der Waals surface area contributed by atoms with E-state index in [1.165, 1.54) is 26.0 Å². The number of ketones is 2. The van der Waals surface area contributed by atoms with Crippen molar-refractivity contribution in [3.8, 4) is 5.75 Å². The molecule has 4 aliphatic rings. The van der Waals surface area contributed by atoms with Gasteiger partial charge in [-0.15, -0.1) is 0 Å². The van der Waals surface area contributed by atoms with Crippen molar-refractivity contribution in [2.45, 2.75) is 43.6 Å². The number of hydrogen-bond acceptors (Lipinski definition) is 10. The smallest absolute Gasteiger partial charge is 0.417 e. The Kier molecular flexibility index (Phi) is 7.86. The van der Waals surface area contributed by atoms with Crippen molar-refractivity contribution >= 4 is 17.5 Å². The van der Waals surface area contributed by atoms with E-state index in [0.717, 1.165) is 12.5 Å². The lowest BCUT2D eigenvalue weighted by Gasteiger charge is -2.50. The second-order valence-electron chi connectivity index (χ2n) is 11.8. The van der Waals surface area contributed by atoms with E-state index >= 15 is 0 Å². The topological polar surface area (TPSA) is 169 Å². The van der Waals surface area contributed by atoms with Crippen LogP contribution in [0.2, 0.25) is 0 Å². The molecule has 0 radical (unpaired) electrons. The molecule has 43 heavy (non-hydrogen) atoms. The first-order chi connectivity index (χ1) is 20.1. The van der Waals surface area contributed by atoms with Crippen LogP contribution in [-0.2, 0) is 33.5 Å². The number of carbonyl (C=O) groups is 3. The van der Waals surface area contributed by atoms with Gasteiger partial charge in [-0.2, -0.15) is 13.2 Å². The number of benzene rings is 1. The number of likely N-dealkylation sites (N-methyl/N-ethyl adjacent to an activating group) is 2. The van der Waals surface area contributed by atoms with Gasteiger partial charge in [0.15, 0.2) is 11.4 Å².